The highest BCUT2D eigenvalue weighted by atomic mass is 32.2. The van der Waals surface area contributed by atoms with Crippen molar-refractivity contribution in [2.24, 2.45) is 0 Å². The molecular weight excluding hydrogens is 358 g/mol. The Kier molecular flexibility index (Phi) is 4.70. The van der Waals surface area contributed by atoms with E-state index in [1.807, 2.05) is 12.1 Å². The van der Waals surface area contributed by atoms with Gasteiger partial charge in [-0.05, 0) is 18.1 Å². The monoisotopic (exact) mass is 381 g/mol. The molecule has 2 unspecified atom stereocenters. The van der Waals surface area contributed by atoms with Gasteiger partial charge in [-0.3, -0.25) is 13.9 Å². The first-order chi connectivity index (χ1) is 12.1. The van der Waals surface area contributed by atoms with E-state index in [-0.39, 0.29) is 31.5 Å². The van der Waals surface area contributed by atoms with E-state index in [0.29, 0.717) is 12.1 Å². The molecule has 0 bridgehead atoms. The average Bonchev–Trinajstić information content (AvgIpc) is 3.15. The van der Waals surface area contributed by atoms with Crippen LogP contribution in [-0.2, 0) is 29.8 Å². The summed E-state index contributed by atoms with van der Waals surface area (Å²) in [6.45, 7) is 0.423. The van der Waals surface area contributed by atoms with E-state index >= 15 is 0 Å². The number of para-hydroxylation sites is 1. The number of hydrogen-bond donors (Lipinski definition) is 1. The fraction of sp³-hybridized carbons (Fsp3) is 0.529. The first-order valence-electron chi connectivity index (χ1n) is 8.31. The van der Waals surface area contributed by atoms with E-state index in [1.54, 1.807) is 26.2 Å². The molecule has 2 atom stereocenters. The van der Waals surface area contributed by atoms with Crippen LogP contribution in [0.4, 0.5) is 5.69 Å². The van der Waals surface area contributed by atoms with Crippen molar-refractivity contribution >= 4 is 27.5 Å². The van der Waals surface area contributed by atoms with Crippen LogP contribution in [0.1, 0.15) is 12.0 Å². The van der Waals surface area contributed by atoms with Gasteiger partial charge in [0.15, 0.2) is 0 Å². The van der Waals surface area contributed by atoms with E-state index in [4.69, 9.17) is 4.74 Å². The van der Waals surface area contributed by atoms with Gasteiger partial charge in [-0.25, -0.2) is 8.42 Å². The molecule has 2 amide bonds. The molecule has 8 nitrogen and oxygen atoms in total. The topological polar surface area (TPSA) is 96.0 Å². The second kappa shape index (κ2) is 6.55. The Morgan fingerprint density at radius 2 is 2.04 bits per heavy atom. The molecule has 3 rings (SSSR count). The molecule has 142 valence electrons. The molecule has 26 heavy (non-hydrogen) atoms. The van der Waals surface area contributed by atoms with Crippen LogP contribution in [0.5, 0.6) is 0 Å². The zero-order valence-electron chi connectivity index (χ0n) is 15.1. The van der Waals surface area contributed by atoms with Crippen LogP contribution in [-0.4, -0.2) is 71.3 Å². The third-order valence-corrected chi connectivity index (χ3v) is 6.06. The van der Waals surface area contributed by atoms with Crippen LogP contribution in [0.2, 0.25) is 0 Å². The quantitative estimate of drug-likeness (QED) is 0.772. The number of nitrogens with zero attached hydrogens (tertiary/aromatic N) is 2. The zero-order valence-corrected chi connectivity index (χ0v) is 15.9. The first-order valence-corrected chi connectivity index (χ1v) is 10.2. The van der Waals surface area contributed by atoms with Crippen molar-refractivity contribution in [2.75, 3.05) is 44.4 Å². The molecule has 1 aromatic rings. The molecule has 9 heteroatoms. The fourth-order valence-corrected chi connectivity index (χ4v) is 4.51. The third kappa shape index (κ3) is 3.28. The van der Waals surface area contributed by atoms with Crippen LogP contribution < -0.4 is 9.62 Å². The summed E-state index contributed by atoms with van der Waals surface area (Å²) < 4.78 is 31.4. The number of rotatable bonds is 4. The smallest absolute Gasteiger partial charge is 0.249 e. The summed E-state index contributed by atoms with van der Waals surface area (Å²) >= 11 is 0. The fourth-order valence-electron chi connectivity index (χ4n) is 3.51. The number of anilines is 1. The number of ether oxygens (including phenoxy) is 1. The number of likely N-dealkylation sites (N-methyl/N-ethyl adjacent to an activating group) is 1. The summed E-state index contributed by atoms with van der Waals surface area (Å²) in [5.41, 5.74) is 0.972. The average molecular weight is 381 g/mol. The number of carbonyl (C=O) groups is 2. The Morgan fingerprint density at radius 1 is 1.35 bits per heavy atom. The van der Waals surface area contributed by atoms with Crippen molar-refractivity contribution in [1.29, 1.82) is 0 Å². The molecule has 0 aromatic heterocycles. The molecule has 1 fully saturated rings. The molecule has 2 aliphatic heterocycles. The maximum absolute atomic E-state index is 12.4. The summed E-state index contributed by atoms with van der Waals surface area (Å²) in [4.78, 5) is 25.4. The molecular formula is C17H23N3O5S. The SMILES string of the molecule is CN(C)C(=O)CNC(=O)C1CC2(CO1)CN(S(C)(=O)=O)c1ccccc12. The predicted octanol–water partition coefficient (Wildman–Crippen LogP) is -0.303. The normalized spacial score (nSPS) is 24.6. The highest BCUT2D eigenvalue weighted by Gasteiger charge is 2.52. The summed E-state index contributed by atoms with van der Waals surface area (Å²) in [5.74, 6) is -0.562. The van der Waals surface area contributed by atoms with Gasteiger partial charge in [0.1, 0.15) is 6.10 Å². The molecule has 1 spiro atoms. The first kappa shape index (κ1) is 18.7. The second-order valence-electron chi connectivity index (χ2n) is 7.08. The lowest BCUT2D eigenvalue weighted by molar-refractivity contribution is -0.134. The molecule has 0 saturated carbocycles. The minimum absolute atomic E-state index is 0.0925. The van der Waals surface area contributed by atoms with Crippen molar-refractivity contribution < 1.29 is 22.7 Å². The highest BCUT2D eigenvalue weighted by molar-refractivity contribution is 7.92. The van der Waals surface area contributed by atoms with Gasteiger partial charge in [0, 0.05) is 26.1 Å². The van der Waals surface area contributed by atoms with Crippen molar-refractivity contribution in [3.63, 3.8) is 0 Å². The van der Waals surface area contributed by atoms with Crippen LogP contribution in [0.3, 0.4) is 0 Å². The van der Waals surface area contributed by atoms with E-state index in [9.17, 15) is 18.0 Å². The van der Waals surface area contributed by atoms with Crippen LogP contribution >= 0.6 is 0 Å². The lowest BCUT2D eigenvalue weighted by atomic mass is 9.80. The van der Waals surface area contributed by atoms with Gasteiger partial charge in [-0.15, -0.1) is 0 Å². The van der Waals surface area contributed by atoms with E-state index in [0.717, 1.165) is 5.56 Å². The van der Waals surface area contributed by atoms with Gasteiger partial charge >= 0.3 is 0 Å². The van der Waals surface area contributed by atoms with Crippen molar-refractivity contribution in [2.45, 2.75) is 17.9 Å². The highest BCUT2D eigenvalue weighted by Crippen LogP contribution is 2.48. The van der Waals surface area contributed by atoms with Crippen LogP contribution in [0.25, 0.3) is 0 Å². The summed E-state index contributed by atoms with van der Waals surface area (Å²) in [6, 6.07) is 7.31. The number of benzene rings is 1. The maximum Gasteiger partial charge on any atom is 0.249 e. The van der Waals surface area contributed by atoms with Gasteiger partial charge < -0.3 is 15.0 Å². The number of amides is 2. The zero-order chi connectivity index (χ0) is 19.1. The van der Waals surface area contributed by atoms with Gasteiger partial charge in [0.2, 0.25) is 21.8 Å². The second-order valence-corrected chi connectivity index (χ2v) is 8.98. The predicted molar refractivity (Wildman–Crippen MR) is 96.4 cm³/mol. The minimum atomic E-state index is -3.42. The Bertz CT molecular complexity index is 839. The van der Waals surface area contributed by atoms with Gasteiger partial charge in [-0.1, -0.05) is 18.2 Å². The molecule has 0 aliphatic carbocycles. The Hall–Kier alpha value is -2.13. The third-order valence-electron chi connectivity index (χ3n) is 4.93. The molecule has 1 N–H and O–H groups in total. The molecule has 2 aliphatic rings. The number of nitrogens with one attached hydrogen (secondary N) is 1. The van der Waals surface area contributed by atoms with E-state index in [2.05, 4.69) is 5.32 Å². The summed E-state index contributed by atoms with van der Waals surface area (Å²) in [5, 5.41) is 2.59. The molecule has 2 heterocycles. The maximum atomic E-state index is 12.4. The molecule has 1 aromatic carbocycles. The Morgan fingerprint density at radius 3 is 2.69 bits per heavy atom. The number of carbonyl (C=O) groups excluding carboxylic acids is 2. The van der Waals surface area contributed by atoms with Crippen LogP contribution in [0.15, 0.2) is 24.3 Å². The summed E-state index contributed by atoms with van der Waals surface area (Å²) in [7, 11) is -0.189. The van der Waals surface area contributed by atoms with Crippen molar-refractivity contribution in [1.82, 2.24) is 10.2 Å². The van der Waals surface area contributed by atoms with Gasteiger partial charge in [-0.2, -0.15) is 0 Å². The number of hydrogen-bond acceptors (Lipinski definition) is 5. The largest absolute Gasteiger partial charge is 0.367 e. The number of sulfonamides is 1. The van der Waals surface area contributed by atoms with Crippen molar-refractivity contribution in [3.05, 3.63) is 29.8 Å². The lowest BCUT2D eigenvalue weighted by Crippen LogP contribution is -2.42. The minimum Gasteiger partial charge on any atom is -0.367 e. The molecule has 1 saturated heterocycles. The van der Waals surface area contributed by atoms with E-state index in [1.165, 1.54) is 15.5 Å². The van der Waals surface area contributed by atoms with Gasteiger partial charge in [0.05, 0.1) is 25.1 Å². The van der Waals surface area contributed by atoms with Crippen molar-refractivity contribution in [3.8, 4) is 0 Å². The van der Waals surface area contributed by atoms with Crippen LogP contribution in [0, 0.1) is 0 Å². The lowest BCUT2D eigenvalue weighted by Gasteiger charge is -2.23. The summed E-state index contributed by atoms with van der Waals surface area (Å²) in [6.07, 6.45) is 0.839. The number of fused-ring (bicyclic) bond motifs is 2. The molecule has 0 radical (unpaired) electrons. The standard InChI is InChI=1S/C17H23N3O5S/c1-19(2)15(21)9-18-16(22)14-8-17(11-25-14)10-20(26(3,23)24)13-7-5-4-6-12(13)17/h4-7,14H,8-11H2,1-3H3,(H,18,22). The Labute approximate surface area is 153 Å². The Balaban J connectivity index is 1.77. The van der Waals surface area contributed by atoms with E-state index < -0.39 is 21.5 Å². The van der Waals surface area contributed by atoms with Gasteiger partial charge in [0.25, 0.3) is 0 Å².